The average Bonchev–Trinajstić information content (AvgIpc) is 2.14. The van der Waals surface area contributed by atoms with Crippen molar-refractivity contribution in [3.63, 3.8) is 0 Å². The van der Waals surface area contributed by atoms with E-state index < -0.39 is 0 Å². The van der Waals surface area contributed by atoms with Gasteiger partial charge in [-0.3, -0.25) is 4.79 Å². The van der Waals surface area contributed by atoms with Gasteiger partial charge in [0, 0.05) is 19.0 Å². The normalized spacial score (nSPS) is 12.5. The molecular formula is C9H21N3O. The lowest BCUT2D eigenvalue weighted by Gasteiger charge is -2.11. The molecule has 0 rings (SSSR count). The highest BCUT2D eigenvalue weighted by molar-refractivity contribution is 5.78. The van der Waals surface area contributed by atoms with E-state index in [0.29, 0.717) is 13.1 Å². The lowest BCUT2D eigenvalue weighted by atomic mass is 10.1. The van der Waals surface area contributed by atoms with Gasteiger partial charge in [-0.2, -0.15) is 0 Å². The number of nitrogens with one attached hydrogen (secondary N) is 2. The van der Waals surface area contributed by atoms with E-state index in [1.54, 1.807) is 0 Å². The summed E-state index contributed by atoms with van der Waals surface area (Å²) in [5.74, 6) is 0.145. The molecule has 0 radical (unpaired) electrons. The smallest absolute Gasteiger partial charge is 0.224 e. The third-order valence-electron chi connectivity index (χ3n) is 1.83. The summed E-state index contributed by atoms with van der Waals surface area (Å²) in [4.78, 5) is 11.3. The molecule has 0 aliphatic rings. The molecule has 0 saturated carbocycles. The zero-order valence-electron chi connectivity index (χ0n) is 8.60. The van der Waals surface area contributed by atoms with Crippen molar-refractivity contribution >= 4 is 5.91 Å². The van der Waals surface area contributed by atoms with E-state index in [9.17, 15) is 4.79 Å². The van der Waals surface area contributed by atoms with Crippen molar-refractivity contribution in [2.75, 3.05) is 26.2 Å². The van der Waals surface area contributed by atoms with Crippen molar-refractivity contribution in [2.45, 2.75) is 20.3 Å². The molecule has 0 aliphatic carbocycles. The number of nitrogens with two attached hydrogens (primary N) is 1. The van der Waals surface area contributed by atoms with Crippen LogP contribution in [0.15, 0.2) is 0 Å². The topological polar surface area (TPSA) is 67.2 Å². The molecule has 78 valence electrons. The highest BCUT2D eigenvalue weighted by Crippen LogP contribution is 1.91. The van der Waals surface area contributed by atoms with Crippen LogP contribution in [0.4, 0.5) is 0 Å². The largest absolute Gasteiger partial charge is 0.356 e. The van der Waals surface area contributed by atoms with E-state index in [0.717, 1.165) is 19.5 Å². The van der Waals surface area contributed by atoms with Crippen LogP contribution in [0.3, 0.4) is 0 Å². The predicted octanol–water partition coefficient (Wildman–Crippen LogP) is -0.303. The van der Waals surface area contributed by atoms with E-state index in [-0.39, 0.29) is 11.8 Å². The highest BCUT2D eigenvalue weighted by atomic mass is 16.1. The number of amides is 1. The van der Waals surface area contributed by atoms with Gasteiger partial charge in [0.25, 0.3) is 0 Å². The van der Waals surface area contributed by atoms with E-state index in [4.69, 9.17) is 5.73 Å². The molecule has 1 unspecified atom stereocenters. The molecule has 4 heteroatoms. The highest BCUT2D eigenvalue weighted by Gasteiger charge is 2.10. The minimum absolute atomic E-state index is 0.0396. The molecule has 0 saturated heterocycles. The zero-order valence-corrected chi connectivity index (χ0v) is 8.60. The molecule has 1 atom stereocenters. The second kappa shape index (κ2) is 8.01. The van der Waals surface area contributed by atoms with Crippen LogP contribution < -0.4 is 16.4 Å². The second-order valence-corrected chi connectivity index (χ2v) is 3.14. The molecule has 0 heterocycles. The van der Waals surface area contributed by atoms with Crippen molar-refractivity contribution in [2.24, 2.45) is 11.7 Å². The molecule has 0 spiro atoms. The summed E-state index contributed by atoms with van der Waals surface area (Å²) in [7, 11) is 0. The standard InChI is InChI=1S/C9H21N3O/c1-3-11-7-8(2)9(13)12-6-4-5-10/h8,11H,3-7,10H2,1-2H3,(H,12,13). The molecule has 1 amide bonds. The van der Waals surface area contributed by atoms with E-state index in [2.05, 4.69) is 10.6 Å². The first-order chi connectivity index (χ1) is 6.22. The SMILES string of the molecule is CCNCC(C)C(=O)NCCCN. The van der Waals surface area contributed by atoms with E-state index in [1.807, 2.05) is 13.8 Å². The molecule has 0 aliphatic heterocycles. The van der Waals surface area contributed by atoms with Gasteiger partial charge < -0.3 is 16.4 Å². The summed E-state index contributed by atoms with van der Waals surface area (Å²) in [6.07, 6.45) is 0.847. The third kappa shape index (κ3) is 6.54. The summed E-state index contributed by atoms with van der Waals surface area (Å²) in [5, 5.41) is 5.97. The Morgan fingerprint density at radius 3 is 2.77 bits per heavy atom. The maximum absolute atomic E-state index is 11.3. The van der Waals surface area contributed by atoms with Gasteiger partial charge in [0.2, 0.25) is 5.91 Å². The van der Waals surface area contributed by atoms with E-state index in [1.165, 1.54) is 0 Å². The van der Waals surface area contributed by atoms with Crippen LogP contribution in [0, 0.1) is 5.92 Å². The van der Waals surface area contributed by atoms with Gasteiger partial charge >= 0.3 is 0 Å². The molecule has 0 aromatic carbocycles. The summed E-state index contributed by atoms with van der Waals surface area (Å²) < 4.78 is 0. The Morgan fingerprint density at radius 2 is 2.23 bits per heavy atom. The van der Waals surface area contributed by atoms with Gasteiger partial charge in [0.05, 0.1) is 0 Å². The van der Waals surface area contributed by atoms with Crippen molar-refractivity contribution in [1.82, 2.24) is 10.6 Å². The second-order valence-electron chi connectivity index (χ2n) is 3.14. The Balaban J connectivity index is 3.45. The summed E-state index contributed by atoms with van der Waals surface area (Å²) >= 11 is 0. The number of carbonyl (C=O) groups is 1. The summed E-state index contributed by atoms with van der Waals surface area (Å²) in [5.41, 5.74) is 5.31. The van der Waals surface area contributed by atoms with Gasteiger partial charge in [-0.15, -0.1) is 0 Å². The van der Waals surface area contributed by atoms with Crippen molar-refractivity contribution in [3.8, 4) is 0 Å². The Kier molecular flexibility index (Phi) is 7.63. The number of rotatable bonds is 7. The molecule has 4 nitrogen and oxygen atoms in total. The molecule has 0 fully saturated rings. The van der Waals surface area contributed by atoms with Crippen LogP contribution >= 0.6 is 0 Å². The first kappa shape index (κ1) is 12.4. The lowest BCUT2D eigenvalue weighted by Crippen LogP contribution is -2.36. The zero-order chi connectivity index (χ0) is 10.1. The quantitative estimate of drug-likeness (QED) is 0.479. The molecule has 0 aromatic rings. The predicted molar refractivity (Wildman–Crippen MR) is 54.4 cm³/mol. The number of hydrogen-bond acceptors (Lipinski definition) is 3. The maximum Gasteiger partial charge on any atom is 0.224 e. The van der Waals surface area contributed by atoms with Crippen LogP contribution in [0.2, 0.25) is 0 Å². The Labute approximate surface area is 80.3 Å². The maximum atomic E-state index is 11.3. The molecule has 4 N–H and O–H groups in total. The van der Waals surface area contributed by atoms with Gasteiger partial charge in [0.15, 0.2) is 0 Å². The van der Waals surface area contributed by atoms with Crippen molar-refractivity contribution in [1.29, 1.82) is 0 Å². The molecular weight excluding hydrogens is 166 g/mol. The Bertz CT molecular complexity index is 139. The molecule has 0 aromatic heterocycles. The Hall–Kier alpha value is -0.610. The van der Waals surface area contributed by atoms with Crippen molar-refractivity contribution in [3.05, 3.63) is 0 Å². The average molecular weight is 187 g/mol. The first-order valence-corrected chi connectivity index (χ1v) is 4.90. The van der Waals surface area contributed by atoms with Gasteiger partial charge in [-0.1, -0.05) is 13.8 Å². The van der Waals surface area contributed by atoms with Crippen LogP contribution in [0.5, 0.6) is 0 Å². The van der Waals surface area contributed by atoms with Crippen LogP contribution in [0.25, 0.3) is 0 Å². The number of hydrogen-bond donors (Lipinski definition) is 3. The third-order valence-corrected chi connectivity index (χ3v) is 1.83. The van der Waals surface area contributed by atoms with Gasteiger partial charge in [-0.05, 0) is 19.5 Å². The van der Waals surface area contributed by atoms with Crippen LogP contribution in [-0.2, 0) is 4.79 Å². The monoisotopic (exact) mass is 187 g/mol. The van der Waals surface area contributed by atoms with Crippen LogP contribution in [0.1, 0.15) is 20.3 Å². The van der Waals surface area contributed by atoms with Gasteiger partial charge in [0.1, 0.15) is 0 Å². The number of carbonyl (C=O) groups excluding carboxylic acids is 1. The first-order valence-electron chi connectivity index (χ1n) is 4.90. The fraction of sp³-hybridized carbons (Fsp3) is 0.889. The Morgan fingerprint density at radius 1 is 1.54 bits per heavy atom. The van der Waals surface area contributed by atoms with E-state index >= 15 is 0 Å². The summed E-state index contributed by atoms with van der Waals surface area (Å²) in [6.45, 7) is 6.90. The molecule has 13 heavy (non-hydrogen) atoms. The fourth-order valence-electron chi connectivity index (χ4n) is 0.941. The van der Waals surface area contributed by atoms with Gasteiger partial charge in [-0.25, -0.2) is 0 Å². The van der Waals surface area contributed by atoms with Crippen molar-refractivity contribution < 1.29 is 4.79 Å². The fourth-order valence-corrected chi connectivity index (χ4v) is 0.941. The lowest BCUT2D eigenvalue weighted by molar-refractivity contribution is -0.124. The minimum Gasteiger partial charge on any atom is -0.356 e. The summed E-state index contributed by atoms with van der Waals surface area (Å²) in [6, 6.07) is 0. The van der Waals surface area contributed by atoms with Crippen LogP contribution in [-0.4, -0.2) is 32.1 Å². The minimum atomic E-state index is 0.0396. The molecule has 0 bridgehead atoms.